The summed E-state index contributed by atoms with van der Waals surface area (Å²) >= 11 is 15.9. The molecule has 146 valence electrons. The standard InChI is InChI=1S/C18H18BrCl2NO4S/c1-26-17-3-2-10(4-14-15(20)6-11(19)7-16(14)21)5-18(17)27(24,25)22-12-8-13(23)9-12/h2-3,5-7,12-13,22-23H,4,8-9H2,1H3/t12-,13-. The van der Waals surface area contributed by atoms with Gasteiger partial charge in [-0.3, -0.25) is 0 Å². The number of hydrogen-bond donors (Lipinski definition) is 2. The molecule has 0 heterocycles. The molecule has 0 unspecified atom stereocenters. The van der Waals surface area contributed by atoms with Crippen molar-refractivity contribution in [3.05, 3.63) is 56.0 Å². The fourth-order valence-electron chi connectivity index (χ4n) is 2.95. The van der Waals surface area contributed by atoms with Gasteiger partial charge in [0.1, 0.15) is 10.6 Å². The number of benzene rings is 2. The lowest BCUT2D eigenvalue weighted by Crippen LogP contribution is -2.46. The van der Waals surface area contributed by atoms with Crippen LogP contribution >= 0.6 is 39.1 Å². The van der Waals surface area contributed by atoms with Crippen LogP contribution in [0.25, 0.3) is 0 Å². The molecule has 0 radical (unpaired) electrons. The van der Waals surface area contributed by atoms with Gasteiger partial charge in [0, 0.05) is 27.0 Å². The molecular formula is C18H18BrCl2NO4S. The van der Waals surface area contributed by atoms with Crippen LogP contribution < -0.4 is 9.46 Å². The molecule has 0 amide bonds. The summed E-state index contributed by atoms with van der Waals surface area (Å²) in [6.45, 7) is 0. The van der Waals surface area contributed by atoms with Crippen molar-refractivity contribution in [2.24, 2.45) is 0 Å². The second kappa shape index (κ2) is 8.27. The molecule has 0 atom stereocenters. The first-order chi connectivity index (χ1) is 12.7. The van der Waals surface area contributed by atoms with E-state index in [1.165, 1.54) is 7.11 Å². The minimum absolute atomic E-state index is 0.0493. The topological polar surface area (TPSA) is 75.6 Å². The Morgan fingerprint density at radius 3 is 2.41 bits per heavy atom. The van der Waals surface area contributed by atoms with E-state index >= 15 is 0 Å². The van der Waals surface area contributed by atoms with Crippen LogP contribution in [0, 0.1) is 0 Å². The first kappa shape index (κ1) is 20.9. The molecule has 0 spiro atoms. The first-order valence-corrected chi connectivity index (χ1v) is 11.2. The number of ether oxygens (including phenoxy) is 1. The van der Waals surface area contributed by atoms with Crippen LogP contribution in [0.15, 0.2) is 39.7 Å². The Hall–Kier alpha value is -0.830. The van der Waals surface area contributed by atoms with Gasteiger partial charge in [-0.2, -0.15) is 0 Å². The summed E-state index contributed by atoms with van der Waals surface area (Å²) in [4.78, 5) is 0.0493. The number of hydrogen-bond acceptors (Lipinski definition) is 4. The number of sulfonamides is 1. The maximum Gasteiger partial charge on any atom is 0.244 e. The SMILES string of the molecule is COc1ccc(Cc2c(Cl)cc(Br)cc2Cl)cc1S(=O)(=O)N[C@H]1C[C@H](O)C1. The summed E-state index contributed by atoms with van der Waals surface area (Å²) in [6, 6.07) is 8.17. The van der Waals surface area contributed by atoms with Crippen molar-refractivity contribution in [3.63, 3.8) is 0 Å². The van der Waals surface area contributed by atoms with E-state index < -0.39 is 16.1 Å². The van der Waals surface area contributed by atoms with Gasteiger partial charge < -0.3 is 9.84 Å². The predicted molar refractivity (Wildman–Crippen MR) is 109 cm³/mol. The molecule has 1 aliphatic carbocycles. The fourth-order valence-corrected chi connectivity index (χ4v) is 5.78. The van der Waals surface area contributed by atoms with Gasteiger partial charge in [-0.1, -0.05) is 45.2 Å². The Labute approximate surface area is 176 Å². The normalized spacial score (nSPS) is 19.6. The number of halogens is 3. The zero-order valence-electron chi connectivity index (χ0n) is 14.4. The molecule has 1 fully saturated rings. The average Bonchev–Trinajstić information content (AvgIpc) is 2.56. The zero-order chi connectivity index (χ0) is 19.8. The van der Waals surface area contributed by atoms with E-state index in [0.29, 0.717) is 34.9 Å². The quantitative estimate of drug-likeness (QED) is 0.632. The first-order valence-electron chi connectivity index (χ1n) is 8.20. The molecule has 0 saturated heterocycles. The van der Waals surface area contributed by atoms with Crippen LogP contribution in [0.3, 0.4) is 0 Å². The van der Waals surface area contributed by atoms with Crippen molar-refractivity contribution in [1.29, 1.82) is 0 Å². The van der Waals surface area contributed by atoms with Gasteiger partial charge in [-0.25, -0.2) is 13.1 Å². The highest BCUT2D eigenvalue weighted by atomic mass is 79.9. The third-order valence-electron chi connectivity index (χ3n) is 4.44. The summed E-state index contributed by atoms with van der Waals surface area (Å²) in [5, 5.41) is 10.4. The maximum absolute atomic E-state index is 12.8. The number of aliphatic hydroxyl groups excluding tert-OH is 1. The van der Waals surface area contributed by atoms with Gasteiger partial charge in [-0.15, -0.1) is 0 Å². The number of methoxy groups -OCH3 is 1. The lowest BCUT2D eigenvalue weighted by atomic mass is 9.91. The molecule has 9 heteroatoms. The molecule has 0 aliphatic heterocycles. The molecule has 2 aromatic rings. The van der Waals surface area contributed by atoms with E-state index in [-0.39, 0.29) is 16.7 Å². The lowest BCUT2D eigenvalue weighted by Gasteiger charge is -2.31. The second-order valence-electron chi connectivity index (χ2n) is 6.45. The molecule has 0 bridgehead atoms. The van der Waals surface area contributed by atoms with Crippen molar-refractivity contribution < 1.29 is 18.3 Å². The Bertz CT molecular complexity index is 939. The molecule has 1 saturated carbocycles. The van der Waals surface area contributed by atoms with Crippen LogP contribution in [0.4, 0.5) is 0 Å². The minimum atomic E-state index is -3.79. The molecule has 3 rings (SSSR count). The molecule has 0 aromatic heterocycles. The van der Waals surface area contributed by atoms with Gasteiger partial charge >= 0.3 is 0 Å². The van der Waals surface area contributed by atoms with E-state index in [2.05, 4.69) is 20.7 Å². The van der Waals surface area contributed by atoms with Crippen molar-refractivity contribution in [2.75, 3.05) is 7.11 Å². The van der Waals surface area contributed by atoms with E-state index in [0.717, 1.165) is 10.0 Å². The second-order valence-corrected chi connectivity index (χ2v) is 9.87. The van der Waals surface area contributed by atoms with Crippen LogP contribution in [0.5, 0.6) is 5.75 Å². The molecule has 2 N–H and O–H groups in total. The van der Waals surface area contributed by atoms with Crippen molar-refractivity contribution in [1.82, 2.24) is 4.72 Å². The van der Waals surface area contributed by atoms with Gasteiger partial charge in [-0.05, 0) is 48.2 Å². The summed E-state index contributed by atoms with van der Waals surface area (Å²) in [5.74, 6) is 0.249. The Morgan fingerprint density at radius 2 is 1.85 bits per heavy atom. The van der Waals surface area contributed by atoms with Gasteiger partial charge in [0.2, 0.25) is 10.0 Å². The smallest absolute Gasteiger partial charge is 0.244 e. The van der Waals surface area contributed by atoms with E-state index in [9.17, 15) is 13.5 Å². The molecule has 2 aromatic carbocycles. The Kier molecular flexibility index (Phi) is 6.40. The fraction of sp³-hybridized carbons (Fsp3) is 0.333. The summed E-state index contributed by atoms with van der Waals surface area (Å²) in [6.07, 6.45) is 0.739. The average molecular weight is 495 g/mol. The summed E-state index contributed by atoms with van der Waals surface area (Å²) in [7, 11) is -2.37. The maximum atomic E-state index is 12.8. The van der Waals surface area contributed by atoms with Crippen molar-refractivity contribution >= 4 is 49.2 Å². The van der Waals surface area contributed by atoms with E-state index in [1.807, 2.05) is 0 Å². The van der Waals surface area contributed by atoms with Crippen molar-refractivity contribution in [2.45, 2.75) is 36.3 Å². The largest absolute Gasteiger partial charge is 0.495 e. The number of aliphatic hydroxyl groups is 1. The Balaban J connectivity index is 1.92. The van der Waals surface area contributed by atoms with E-state index in [1.54, 1.807) is 30.3 Å². The van der Waals surface area contributed by atoms with Gasteiger partial charge in [0.25, 0.3) is 0 Å². The minimum Gasteiger partial charge on any atom is -0.495 e. The highest BCUT2D eigenvalue weighted by Crippen LogP contribution is 2.33. The van der Waals surface area contributed by atoms with Crippen molar-refractivity contribution in [3.8, 4) is 5.75 Å². The van der Waals surface area contributed by atoms with Crippen LogP contribution in [-0.4, -0.2) is 32.8 Å². The summed E-state index contributed by atoms with van der Waals surface area (Å²) in [5.41, 5.74) is 1.45. The lowest BCUT2D eigenvalue weighted by molar-refractivity contribution is 0.0712. The number of nitrogens with one attached hydrogen (secondary N) is 1. The summed E-state index contributed by atoms with van der Waals surface area (Å²) < 4.78 is 34.2. The molecule has 5 nitrogen and oxygen atoms in total. The van der Waals surface area contributed by atoms with Crippen LogP contribution in [-0.2, 0) is 16.4 Å². The van der Waals surface area contributed by atoms with Gasteiger partial charge in [0.05, 0.1) is 13.2 Å². The molecule has 27 heavy (non-hydrogen) atoms. The Morgan fingerprint density at radius 1 is 1.22 bits per heavy atom. The van der Waals surface area contributed by atoms with Gasteiger partial charge in [0.15, 0.2) is 0 Å². The third-order valence-corrected chi connectivity index (χ3v) is 7.11. The van der Waals surface area contributed by atoms with E-state index in [4.69, 9.17) is 27.9 Å². The predicted octanol–water partition coefficient (Wildman–Crippen LogP) is 4.16. The van der Waals surface area contributed by atoms with Crippen LogP contribution in [0.1, 0.15) is 24.0 Å². The molecule has 1 aliphatic rings. The highest BCUT2D eigenvalue weighted by molar-refractivity contribution is 9.10. The van der Waals surface area contributed by atoms with Crippen LogP contribution in [0.2, 0.25) is 10.0 Å². The third kappa shape index (κ3) is 4.78. The monoisotopic (exact) mass is 493 g/mol. The number of rotatable bonds is 6. The molecular weight excluding hydrogens is 477 g/mol. The zero-order valence-corrected chi connectivity index (χ0v) is 18.3. The highest BCUT2D eigenvalue weighted by Gasteiger charge is 2.32.